The molecule has 0 radical (unpaired) electrons. The summed E-state index contributed by atoms with van der Waals surface area (Å²) in [6.45, 7) is 3.08. The fourth-order valence-electron chi connectivity index (χ4n) is 3.31. The molecule has 21 heavy (non-hydrogen) atoms. The van der Waals surface area contributed by atoms with Gasteiger partial charge in [-0.1, -0.05) is 6.92 Å². The van der Waals surface area contributed by atoms with Gasteiger partial charge in [-0.15, -0.1) is 0 Å². The van der Waals surface area contributed by atoms with Crippen LogP contribution in [-0.4, -0.2) is 48.6 Å². The van der Waals surface area contributed by atoms with E-state index in [1.807, 2.05) is 6.92 Å². The second-order valence-electron chi connectivity index (χ2n) is 6.58. The van der Waals surface area contributed by atoms with Crippen molar-refractivity contribution in [3.63, 3.8) is 0 Å². The first-order chi connectivity index (χ1) is 10.1. The van der Waals surface area contributed by atoms with Crippen LogP contribution in [0.4, 0.5) is 0 Å². The van der Waals surface area contributed by atoms with Crippen LogP contribution in [0.5, 0.6) is 0 Å². The Kier molecular flexibility index (Phi) is 3.62. The van der Waals surface area contributed by atoms with Gasteiger partial charge in [0.25, 0.3) is 0 Å². The summed E-state index contributed by atoms with van der Waals surface area (Å²) in [7, 11) is 0. The molecule has 1 aliphatic heterocycles. The largest absolute Gasteiger partial charge is 0.377 e. The van der Waals surface area contributed by atoms with Crippen LogP contribution in [0.3, 0.4) is 0 Å². The lowest BCUT2D eigenvalue weighted by Crippen LogP contribution is -2.61. The molecule has 1 N–H and O–H groups in total. The molecule has 2 aliphatic carbocycles. The van der Waals surface area contributed by atoms with Gasteiger partial charge in [0.1, 0.15) is 11.5 Å². The lowest BCUT2D eigenvalue weighted by molar-refractivity contribution is -0.159. The Morgan fingerprint density at radius 3 is 2.67 bits per heavy atom. The quantitative estimate of drug-likeness (QED) is 0.817. The van der Waals surface area contributed by atoms with E-state index in [2.05, 4.69) is 11.4 Å². The molecule has 0 bridgehead atoms. The molecule has 3 rings (SSSR count). The first kappa shape index (κ1) is 14.3. The fraction of sp³-hybridized carbons (Fsp3) is 0.800. The molecule has 2 saturated carbocycles. The molecule has 2 amide bonds. The van der Waals surface area contributed by atoms with Crippen molar-refractivity contribution in [2.45, 2.75) is 44.7 Å². The highest BCUT2D eigenvalue weighted by Crippen LogP contribution is 2.46. The van der Waals surface area contributed by atoms with Gasteiger partial charge < -0.3 is 15.0 Å². The minimum absolute atomic E-state index is 0.147. The van der Waals surface area contributed by atoms with Crippen molar-refractivity contribution in [3.05, 3.63) is 0 Å². The van der Waals surface area contributed by atoms with Gasteiger partial charge in [-0.3, -0.25) is 9.59 Å². The van der Waals surface area contributed by atoms with Gasteiger partial charge in [0.15, 0.2) is 0 Å². The van der Waals surface area contributed by atoms with Gasteiger partial charge in [-0.05, 0) is 31.6 Å². The molecule has 1 saturated heterocycles. The minimum atomic E-state index is -0.922. The van der Waals surface area contributed by atoms with Gasteiger partial charge in [0, 0.05) is 12.6 Å². The summed E-state index contributed by atoms with van der Waals surface area (Å²) in [6.07, 6.45) is 3.20. The zero-order valence-corrected chi connectivity index (χ0v) is 12.3. The van der Waals surface area contributed by atoms with E-state index in [-0.39, 0.29) is 24.5 Å². The molecular formula is C15H21N3O3. The predicted octanol–water partition coefficient (Wildman–Crippen LogP) is 0.432. The molecule has 6 nitrogen and oxygen atoms in total. The van der Waals surface area contributed by atoms with Crippen LogP contribution < -0.4 is 5.32 Å². The Morgan fingerprint density at radius 1 is 1.38 bits per heavy atom. The summed E-state index contributed by atoms with van der Waals surface area (Å²) in [5.74, 6) is 0.0572. The molecule has 0 aromatic rings. The van der Waals surface area contributed by atoms with Crippen LogP contribution in [-0.2, 0) is 14.3 Å². The van der Waals surface area contributed by atoms with Crippen LogP contribution in [0, 0.1) is 22.7 Å². The molecule has 114 valence electrons. The Bertz CT molecular complexity index is 489. The van der Waals surface area contributed by atoms with E-state index < -0.39 is 11.5 Å². The highest BCUT2D eigenvalue weighted by Gasteiger charge is 2.52. The van der Waals surface area contributed by atoms with Crippen molar-refractivity contribution < 1.29 is 14.3 Å². The number of morpholine rings is 1. The predicted molar refractivity (Wildman–Crippen MR) is 73.9 cm³/mol. The first-order valence-electron chi connectivity index (χ1n) is 7.66. The van der Waals surface area contributed by atoms with Crippen LogP contribution in [0.15, 0.2) is 0 Å². The third-order valence-corrected chi connectivity index (χ3v) is 4.63. The molecule has 6 heteroatoms. The Hall–Kier alpha value is -1.61. The fourth-order valence-corrected chi connectivity index (χ4v) is 3.31. The van der Waals surface area contributed by atoms with Crippen LogP contribution in [0.25, 0.3) is 0 Å². The van der Waals surface area contributed by atoms with Gasteiger partial charge in [-0.25, -0.2) is 0 Å². The van der Waals surface area contributed by atoms with Crippen LogP contribution in [0.2, 0.25) is 0 Å². The van der Waals surface area contributed by atoms with Gasteiger partial charge in [0.2, 0.25) is 11.8 Å². The lowest BCUT2D eigenvalue weighted by Gasteiger charge is -2.45. The SMILES string of the molecule is CC1CC(C#N)(C(=O)N2CCOCC2C(=O)NC2CC2)C1. The third kappa shape index (κ3) is 2.62. The molecule has 1 atom stereocenters. The van der Waals surface area contributed by atoms with E-state index in [0.29, 0.717) is 31.9 Å². The molecule has 1 heterocycles. The minimum Gasteiger partial charge on any atom is -0.377 e. The van der Waals surface area contributed by atoms with E-state index in [0.717, 1.165) is 12.8 Å². The zero-order valence-electron chi connectivity index (χ0n) is 12.3. The lowest BCUT2D eigenvalue weighted by atomic mass is 9.62. The molecule has 0 aromatic heterocycles. The van der Waals surface area contributed by atoms with Gasteiger partial charge in [0.05, 0.1) is 19.3 Å². The monoisotopic (exact) mass is 291 g/mol. The zero-order chi connectivity index (χ0) is 15.0. The van der Waals surface area contributed by atoms with Crippen molar-refractivity contribution in [1.82, 2.24) is 10.2 Å². The second kappa shape index (κ2) is 5.30. The first-order valence-corrected chi connectivity index (χ1v) is 7.66. The highest BCUT2D eigenvalue weighted by atomic mass is 16.5. The number of nitriles is 1. The normalized spacial score (nSPS) is 35.5. The number of ether oxygens (including phenoxy) is 1. The number of carbonyl (C=O) groups is 2. The average Bonchev–Trinajstić information content (AvgIpc) is 3.26. The van der Waals surface area contributed by atoms with Crippen LogP contribution >= 0.6 is 0 Å². The van der Waals surface area contributed by atoms with E-state index in [4.69, 9.17) is 4.74 Å². The number of amides is 2. The smallest absolute Gasteiger partial charge is 0.245 e. The van der Waals surface area contributed by atoms with Crippen LogP contribution in [0.1, 0.15) is 32.6 Å². The maximum absolute atomic E-state index is 12.8. The molecule has 3 aliphatic rings. The highest BCUT2D eigenvalue weighted by molar-refractivity contribution is 5.92. The standard InChI is InChI=1S/C15H21N3O3/c1-10-6-15(7-10,9-16)14(20)18-4-5-21-8-12(18)13(19)17-11-2-3-11/h10-12H,2-8H2,1H3,(H,17,19). The van der Waals surface area contributed by atoms with Crippen molar-refractivity contribution in [2.75, 3.05) is 19.8 Å². The Labute approximate surface area is 124 Å². The van der Waals surface area contributed by atoms with Crippen molar-refractivity contribution >= 4 is 11.8 Å². The average molecular weight is 291 g/mol. The number of hydrogen-bond donors (Lipinski definition) is 1. The maximum atomic E-state index is 12.8. The van der Waals surface area contributed by atoms with E-state index in [9.17, 15) is 14.9 Å². The van der Waals surface area contributed by atoms with Crippen molar-refractivity contribution in [3.8, 4) is 6.07 Å². The molecule has 0 aromatic carbocycles. The summed E-state index contributed by atoms with van der Waals surface area (Å²) in [6, 6.07) is 1.86. The number of hydrogen-bond acceptors (Lipinski definition) is 4. The Morgan fingerprint density at radius 2 is 2.10 bits per heavy atom. The van der Waals surface area contributed by atoms with Gasteiger partial charge in [-0.2, -0.15) is 5.26 Å². The van der Waals surface area contributed by atoms with E-state index >= 15 is 0 Å². The van der Waals surface area contributed by atoms with E-state index in [1.54, 1.807) is 4.90 Å². The Balaban J connectivity index is 1.72. The maximum Gasteiger partial charge on any atom is 0.245 e. The summed E-state index contributed by atoms with van der Waals surface area (Å²) < 4.78 is 5.37. The van der Waals surface area contributed by atoms with Crippen molar-refractivity contribution in [2.24, 2.45) is 11.3 Å². The topological polar surface area (TPSA) is 82.4 Å². The summed E-state index contributed by atoms with van der Waals surface area (Å²) in [4.78, 5) is 26.6. The number of nitrogens with zero attached hydrogens (tertiary/aromatic N) is 2. The van der Waals surface area contributed by atoms with Crippen molar-refractivity contribution in [1.29, 1.82) is 5.26 Å². The molecule has 0 spiro atoms. The molecule has 3 fully saturated rings. The summed E-state index contributed by atoms with van der Waals surface area (Å²) in [5, 5.41) is 12.3. The van der Waals surface area contributed by atoms with E-state index in [1.165, 1.54) is 0 Å². The number of carbonyl (C=O) groups excluding carboxylic acids is 2. The second-order valence-corrected chi connectivity index (χ2v) is 6.58. The third-order valence-electron chi connectivity index (χ3n) is 4.63. The summed E-state index contributed by atoms with van der Waals surface area (Å²) in [5.41, 5.74) is -0.922. The summed E-state index contributed by atoms with van der Waals surface area (Å²) >= 11 is 0. The van der Waals surface area contributed by atoms with Gasteiger partial charge >= 0.3 is 0 Å². The number of nitrogens with one attached hydrogen (secondary N) is 1. The molecule has 1 unspecified atom stereocenters. The molecular weight excluding hydrogens is 270 g/mol. The number of rotatable bonds is 3.